The van der Waals surface area contributed by atoms with Crippen molar-refractivity contribution in [3.8, 4) is 5.88 Å². The van der Waals surface area contributed by atoms with Gasteiger partial charge in [0.1, 0.15) is 0 Å². The van der Waals surface area contributed by atoms with E-state index in [1.807, 2.05) is 45.0 Å². The molecule has 0 bridgehead atoms. The highest BCUT2D eigenvalue weighted by Crippen LogP contribution is 2.32. The molecule has 0 fully saturated rings. The SMILES string of the molecule is CCCC(=Nc1ccc(N(CCC(C)(C)N)C(C)=O)cc1)c1c(O)[nH]c2cc(C(=O)OC)ccc12. The van der Waals surface area contributed by atoms with Crippen LogP contribution in [0.15, 0.2) is 47.5 Å². The first-order chi connectivity index (χ1) is 16.5. The molecule has 0 aliphatic carbocycles. The molecule has 1 aromatic heterocycles. The summed E-state index contributed by atoms with van der Waals surface area (Å²) in [6.45, 7) is 7.99. The van der Waals surface area contributed by atoms with Crippen molar-refractivity contribution in [2.45, 2.75) is 52.5 Å². The van der Waals surface area contributed by atoms with Gasteiger partial charge in [-0.25, -0.2) is 4.79 Å². The fourth-order valence-electron chi connectivity index (χ4n) is 3.93. The summed E-state index contributed by atoms with van der Waals surface area (Å²) >= 11 is 0. The second kappa shape index (κ2) is 10.7. The average molecular weight is 479 g/mol. The lowest BCUT2D eigenvalue weighted by Crippen LogP contribution is -2.39. The second-order valence-electron chi connectivity index (χ2n) is 9.33. The molecule has 0 aliphatic rings. The predicted octanol–water partition coefficient (Wildman–Crippen LogP) is 5.06. The monoisotopic (exact) mass is 478 g/mol. The molecule has 186 valence electrons. The van der Waals surface area contributed by atoms with Crippen molar-refractivity contribution in [3.05, 3.63) is 53.6 Å². The summed E-state index contributed by atoms with van der Waals surface area (Å²) < 4.78 is 4.79. The number of fused-ring (bicyclic) bond motifs is 1. The molecule has 3 rings (SSSR count). The molecule has 4 N–H and O–H groups in total. The summed E-state index contributed by atoms with van der Waals surface area (Å²) in [5, 5.41) is 11.5. The van der Waals surface area contributed by atoms with Crippen molar-refractivity contribution in [2.75, 3.05) is 18.6 Å². The Labute approximate surface area is 205 Å². The van der Waals surface area contributed by atoms with Crippen LogP contribution >= 0.6 is 0 Å². The van der Waals surface area contributed by atoms with Crippen LogP contribution in [0.5, 0.6) is 5.88 Å². The van der Waals surface area contributed by atoms with Gasteiger partial charge >= 0.3 is 5.97 Å². The molecule has 0 aliphatic heterocycles. The highest BCUT2D eigenvalue weighted by molar-refractivity contribution is 6.14. The minimum atomic E-state index is -0.445. The number of amides is 1. The minimum absolute atomic E-state index is 0.00186. The van der Waals surface area contributed by atoms with Crippen molar-refractivity contribution in [3.63, 3.8) is 0 Å². The van der Waals surface area contributed by atoms with E-state index in [9.17, 15) is 14.7 Å². The van der Waals surface area contributed by atoms with E-state index in [2.05, 4.69) is 4.98 Å². The number of nitrogens with zero attached hydrogens (tertiary/aromatic N) is 2. The molecular formula is C27H34N4O4. The summed E-state index contributed by atoms with van der Waals surface area (Å²) in [5.74, 6) is -0.495. The lowest BCUT2D eigenvalue weighted by atomic mass is 10.0. The van der Waals surface area contributed by atoms with Gasteiger partial charge in [-0.1, -0.05) is 19.4 Å². The van der Waals surface area contributed by atoms with Crippen molar-refractivity contribution < 1.29 is 19.4 Å². The Morgan fingerprint density at radius 1 is 1.17 bits per heavy atom. The molecule has 0 saturated heterocycles. The van der Waals surface area contributed by atoms with E-state index in [1.165, 1.54) is 7.11 Å². The number of anilines is 1. The van der Waals surface area contributed by atoms with Crippen LogP contribution in [0.2, 0.25) is 0 Å². The van der Waals surface area contributed by atoms with Gasteiger partial charge in [-0.15, -0.1) is 0 Å². The Hall–Kier alpha value is -3.65. The van der Waals surface area contributed by atoms with E-state index in [-0.39, 0.29) is 17.3 Å². The van der Waals surface area contributed by atoms with Gasteiger partial charge in [0.05, 0.1) is 29.6 Å². The number of H-pyrrole nitrogens is 1. The number of nitrogens with two attached hydrogens (primary N) is 1. The maximum absolute atomic E-state index is 12.2. The molecule has 8 nitrogen and oxygen atoms in total. The number of aromatic amines is 1. The maximum Gasteiger partial charge on any atom is 0.337 e. The van der Waals surface area contributed by atoms with Crippen LogP contribution in [0, 0.1) is 0 Å². The zero-order valence-electron chi connectivity index (χ0n) is 21.0. The van der Waals surface area contributed by atoms with Crippen LogP contribution in [0.1, 0.15) is 62.9 Å². The minimum Gasteiger partial charge on any atom is -0.494 e. The molecule has 1 heterocycles. The quantitative estimate of drug-likeness (QED) is 0.293. The molecule has 3 aromatic rings. The lowest BCUT2D eigenvalue weighted by Gasteiger charge is -2.26. The van der Waals surface area contributed by atoms with Crippen molar-refractivity contribution in [1.82, 2.24) is 4.98 Å². The van der Waals surface area contributed by atoms with Gasteiger partial charge in [-0.3, -0.25) is 9.79 Å². The largest absolute Gasteiger partial charge is 0.494 e. The van der Waals surface area contributed by atoms with Crippen LogP contribution in [-0.4, -0.2) is 46.9 Å². The number of benzene rings is 2. The normalized spacial score (nSPS) is 12.1. The first kappa shape index (κ1) is 26.0. The van der Waals surface area contributed by atoms with Crippen molar-refractivity contribution in [2.24, 2.45) is 10.7 Å². The third-order valence-electron chi connectivity index (χ3n) is 5.76. The number of hydrogen-bond acceptors (Lipinski definition) is 6. The number of methoxy groups -OCH3 is 1. The number of carbonyl (C=O) groups is 2. The second-order valence-corrected chi connectivity index (χ2v) is 9.33. The van der Waals surface area contributed by atoms with Gasteiger partial charge in [0.25, 0.3) is 0 Å². The predicted molar refractivity (Wildman–Crippen MR) is 140 cm³/mol. The zero-order chi connectivity index (χ0) is 25.8. The van der Waals surface area contributed by atoms with Crippen LogP contribution in [0.4, 0.5) is 11.4 Å². The first-order valence-corrected chi connectivity index (χ1v) is 11.7. The molecule has 0 unspecified atom stereocenters. The third kappa shape index (κ3) is 6.27. The molecule has 0 atom stereocenters. The molecule has 8 heteroatoms. The van der Waals surface area contributed by atoms with E-state index in [0.717, 1.165) is 23.2 Å². The highest BCUT2D eigenvalue weighted by Gasteiger charge is 2.19. The van der Waals surface area contributed by atoms with E-state index in [0.29, 0.717) is 41.7 Å². The number of nitrogens with one attached hydrogen (secondary N) is 1. The average Bonchev–Trinajstić information content (AvgIpc) is 3.13. The third-order valence-corrected chi connectivity index (χ3v) is 5.76. The Morgan fingerprint density at radius 3 is 2.43 bits per heavy atom. The van der Waals surface area contributed by atoms with E-state index < -0.39 is 5.97 Å². The summed E-state index contributed by atoms with van der Waals surface area (Å²) in [6.07, 6.45) is 2.15. The van der Waals surface area contributed by atoms with Gasteiger partial charge in [0.15, 0.2) is 5.88 Å². The smallest absolute Gasteiger partial charge is 0.337 e. The van der Waals surface area contributed by atoms with E-state index in [1.54, 1.807) is 30.0 Å². The molecule has 0 saturated carbocycles. The van der Waals surface area contributed by atoms with Crippen molar-refractivity contribution in [1.29, 1.82) is 0 Å². The summed E-state index contributed by atoms with van der Waals surface area (Å²) in [4.78, 5) is 33.6. The van der Waals surface area contributed by atoms with Crippen LogP contribution in [-0.2, 0) is 9.53 Å². The molecule has 35 heavy (non-hydrogen) atoms. The fourth-order valence-corrected chi connectivity index (χ4v) is 3.93. The van der Waals surface area contributed by atoms with E-state index in [4.69, 9.17) is 15.5 Å². The summed E-state index contributed by atoms with van der Waals surface area (Å²) in [6, 6.07) is 12.6. The molecular weight excluding hydrogens is 444 g/mol. The van der Waals surface area contributed by atoms with E-state index >= 15 is 0 Å². The van der Waals surface area contributed by atoms with Gasteiger partial charge < -0.3 is 25.5 Å². The fraction of sp³-hybridized carbons (Fsp3) is 0.370. The van der Waals surface area contributed by atoms with Crippen molar-refractivity contribution >= 4 is 39.9 Å². The topological polar surface area (TPSA) is 121 Å². The van der Waals surface area contributed by atoms with Gasteiger partial charge in [-0.05, 0) is 63.1 Å². The summed E-state index contributed by atoms with van der Waals surface area (Å²) in [7, 11) is 1.33. The summed E-state index contributed by atoms with van der Waals surface area (Å²) in [5.41, 5.74) is 9.57. The molecule has 1 amide bonds. The maximum atomic E-state index is 12.2. The molecule has 0 radical (unpaired) electrons. The Morgan fingerprint density at radius 2 is 1.86 bits per heavy atom. The van der Waals surface area contributed by atoms with Crippen LogP contribution < -0.4 is 10.6 Å². The number of ether oxygens (including phenoxy) is 1. The standard InChI is InChI=1S/C27H34N4O4/c1-6-7-22(24-21-13-8-18(26(34)35-5)16-23(21)30-25(24)33)29-19-9-11-20(12-10-19)31(17(2)32)15-14-27(3,4)28/h8-13,16,30,33H,6-7,14-15,28H2,1-5H3. The number of esters is 1. The Kier molecular flexibility index (Phi) is 7.96. The molecule has 2 aromatic carbocycles. The zero-order valence-corrected chi connectivity index (χ0v) is 21.0. The highest BCUT2D eigenvalue weighted by atomic mass is 16.5. The number of hydrogen-bond donors (Lipinski definition) is 3. The Balaban J connectivity index is 1.95. The van der Waals surface area contributed by atoms with Crippen LogP contribution in [0.3, 0.4) is 0 Å². The van der Waals surface area contributed by atoms with Crippen LogP contribution in [0.25, 0.3) is 10.9 Å². The van der Waals surface area contributed by atoms with Gasteiger partial charge in [-0.2, -0.15) is 0 Å². The Bertz CT molecular complexity index is 1240. The number of aromatic hydroxyl groups is 1. The van der Waals surface area contributed by atoms with Gasteiger partial charge in [0, 0.05) is 35.6 Å². The number of rotatable bonds is 9. The number of carbonyl (C=O) groups excluding carboxylic acids is 2. The number of aliphatic imine (C=N–C) groups is 1. The molecule has 0 spiro atoms. The number of aromatic nitrogens is 1. The van der Waals surface area contributed by atoms with Gasteiger partial charge in [0.2, 0.25) is 5.91 Å². The first-order valence-electron chi connectivity index (χ1n) is 11.7. The lowest BCUT2D eigenvalue weighted by molar-refractivity contribution is -0.116.